The number of hydrogen-bond donors (Lipinski definition) is 2. The van der Waals surface area contributed by atoms with E-state index in [-0.39, 0.29) is 12.1 Å². The van der Waals surface area contributed by atoms with Crippen molar-refractivity contribution in [1.82, 2.24) is 9.36 Å². The Morgan fingerprint density at radius 1 is 1.56 bits per heavy atom. The second kappa shape index (κ2) is 4.30. The molecule has 0 amide bonds. The van der Waals surface area contributed by atoms with Crippen molar-refractivity contribution in [1.29, 1.82) is 0 Å². The van der Waals surface area contributed by atoms with E-state index in [2.05, 4.69) is 35.4 Å². The summed E-state index contributed by atoms with van der Waals surface area (Å²) in [6.45, 7) is 6.37. The molecule has 2 rings (SSSR count). The molecular formula is C11H19N3OS. The minimum Gasteiger partial charge on any atom is -0.394 e. The molecule has 0 spiro atoms. The monoisotopic (exact) mass is 241 g/mol. The maximum atomic E-state index is 9.47. The van der Waals surface area contributed by atoms with E-state index >= 15 is 0 Å². The molecule has 1 fully saturated rings. The number of nitrogens with zero attached hydrogens (tertiary/aromatic N) is 2. The first-order valence-electron chi connectivity index (χ1n) is 5.78. The van der Waals surface area contributed by atoms with E-state index in [0.29, 0.717) is 11.8 Å². The number of aliphatic hydroxyl groups excluding tert-OH is 1. The molecule has 0 aliphatic heterocycles. The highest BCUT2D eigenvalue weighted by atomic mass is 32.1. The number of rotatable bonds is 5. The molecule has 0 bridgehead atoms. The van der Waals surface area contributed by atoms with E-state index in [4.69, 9.17) is 0 Å². The quantitative estimate of drug-likeness (QED) is 0.830. The van der Waals surface area contributed by atoms with Crippen LogP contribution >= 0.6 is 11.5 Å². The first-order valence-corrected chi connectivity index (χ1v) is 6.55. The van der Waals surface area contributed by atoms with Crippen molar-refractivity contribution in [3.63, 3.8) is 0 Å². The topological polar surface area (TPSA) is 58.0 Å². The third-order valence-corrected chi connectivity index (χ3v) is 3.80. The van der Waals surface area contributed by atoms with Crippen molar-refractivity contribution in [3.05, 3.63) is 5.82 Å². The molecule has 4 nitrogen and oxygen atoms in total. The molecule has 0 saturated heterocycles. The average molecular weight is 241 g/mol. The largest absolute Gasteiger partial charge is 0.394 e. The summed E-state index contributed by atoms with van der Waals surface area (Å²) in [6.07, 6.45) is 2.39. The Kier molecular flexibility index (Phi) is 3.17. The van der Waals surface area contributed by atoms with Gasteiger partial charge < -0.3 is 10.4 Å². The molecule has 0 radical (unpaired) electrons. The molecule has 0 aromatic carbocycles. The second-order valence-corrected chi connectivity index (χ2v) is 5.84. The molecular weight excluding hydrogens is 222 g/mol. The molecule has 1 saturated carbocycles. The molecule has 1 aliphatic rings. The molecule has 1 aromatic rings. The standard InChI is InChI=1S/C11H19N3OS/c1-7(2)9-12-10(16-14-9)13-11(3,6-15)8-4-5-8/h7-8,15H,4-6H2,1-3H3,(H,12,13,14). The molecule has 1 atom stereocenters. The molecule has 1 aromatic heterocycles. The van der Waals surface area contributed by atoms with E-state index in [0.717, 1.165) is 11.0 Å². The van der Waals surface area contributed by atoms with Crippen LogP contribution in [-0.2, 0) is 0 Å². The Balaban J connectivity index is 2.06. The van der Waals surface area contributed by atoms with Gasteiger partial charge in [-0.15, -0.1) is 0 Å². The molecule has 2 N–H and O–H groups in total. The molecule has 1 unspecified atom stereocenters. The SMILES string of the molecule is CC(C)c1nsc(NC(C)(CO)C2CC2)n1. The van der Waals surface area contributed by atoms with Crippen LogP contribution < -0.4 is 5.32 Å². The van der Waals surface area contributed by atoms with Crippen molar-refractivity contribution in [2.75, 3.05) is 11.9 Å². The molecule has 90 valence electrons. The van der Waals surface area contributed by atoms with Crippen LogP contribution in [0.15, 0.2) is 0 Å². The summed E-state index contributed by atoms with van der Waals surface area (Å²) in [7, 11) is 0. The van der Waals surface area contributed by atoms with Gasteiger partial charge in [0.05, 0.1) is 12.1 Å². The third-order valence-electron chi connectivity index (χ3n) is 3.16. The van der Waals surface area contributed by atoms with Gasteiger partial charge >= 0.3 is 0 Å². The van der Waals surface area contributed by atoms with Crippen LogP contribution in [0.25, 0.3) is 0 Å². The van der Waals surface area contributed by atoms with Gasteiger partial charge in [-0.1, -0.05) is 13.8 Å². The summed E-state index contributed by atoms with van der Waals surface area (Å²) in [5.41, 5.74) is -0.228. The minimum absolute atomic E-state index is 0.147. The number of aromatic nitrogens is 2. The number of anilines is 1. The van der Waals surface area contributed by atoms with Gasteiger partial charge in [0.25, 0.3) is 0 Å². The summed E-state index contributed by atoms with van der Waals surface area (Å²) in [4.78, 5) is 4.44. The summed E-state index contributed by atoms with van der Waals surface area (Å²) in [5, 5.41) is 13.6. The molecule has 16 heavy (non-hydrogen) atoms. The van der Waals surface area contributed by atoms with Gasteiger partial charge in [-0.25, -0.2) is 4.98 Å². The summed E-state index contributed by atoms with van der Waals surface area (Å²) >= 11 is 1.38. The highest BCUT2D eigenvalue weighted by molar-refractivity contribution is 7.09. The zero-order valence-electron chi connectivity index (χ0n) is 10.0. The second-order valence-electron chi connectivity index (χ2n) is 5.09. The van der Waals surface area contributed by atoms with Gasteiger partial charge in [-0.3, -0.25) is 0 Å². The average Bonchev–Trinajstić information content (AvgIpc) is 3.00. The Labute approximate surface area is 100 Å². The van der Waals surface area contributed by atoms with Crippen molar-refractivity contribution in [3.8, 4) is 0 Å². The lowest BCUT2D eigenvalue weighted by Gasteiger charge is -2.28. The van der Waals surface area contributed by atoms with Gasteiger partial charge in [-0.2, -0.15) is 4.37 Å². The number of nitrogens with one attached hydrogen (secondary N) is 1. The van der Waals surface area contributed by atoms with E-state index < -0.39 is 0 Å². The third kappa shape index (κ3) is 2.35. The van der Waals surface area contributed by atoms with Crippen molar-refractivity contribution >= 4 is 16.7 Å². The lowest BCUT2D eigenvalue weighted by molar-refractivity contribution is 0.206. The fourth-order valence-corrected chi connectivity index (χ4v) is 2.60. The van der Waals surface area contributed by atoms with Gasteiger partial charge in [0.15, 0.2) is 0 Å². The molecule has 1 heterocycles. The Morgan fingerprint density at radius 2 is 2.25 bits per heavy atom. The first-order chi connectivity index (χ1) is 7.55. The summed E-state index contributed by atoms with van der Waals surface area (Å²) < 4.78 is 4.30. The van der Waals surface area contributed by atoms with Gasteiger partial charge in [-0.05, 0) is 25.7 Å². The van der Waals surface area contributed by atoms with Crippen LogP contribution in [0, 0.1) is 5.92 Å². The van der Waals surface area contributed by atoms with Crippen molar-refractivity contribution < 1.29 is 5.11 Å². The minimum atomic E-state index is -0.228. The fraction of sp³-hybridized carbons (Fsp3) is 0.818. The maximum Gasteiger partial charge on any atom is 0.203 e. The predicted molar refractivity (Wildman–Crippen MR) is 65.8 cm³/mol. The van der Waals surface area contributed by atoms with Gasteiger partial charge in [0.1, 0.15) is 5.82 Å². The zero-order chi connectivity index (χ0) is 11.8. The van der Waals surface area contributed by atoms with Gasteiger partial charge in [0.2, 0.25) is 5.13 Å². The number of aliphatic hydroxyl groups is 1. The van der Waals surface area contributed by atoms with Crippen LogP contribution in [0.1, 0.15) is 45.4 Å². The smallest absolute Gasteiger partial charge is 0.203 e. The zero-order valence-corrected chi connectivity index (χ0v) is 10.8. The summed E-state index contributed by atoms with van der Waals surface area (Å²) in [6, 6.07) is 0. The molecule has 5 heteroatoms. The van der Waals surface area contributed by atoms with Crippen LogP contribution in [0.2, 0.25) is 0 Å². The fourth-order valence-electron chi connectivity index (χ4n) is 1.76. The van der Waals surface area contributed by atoms with E-state index in [9.17, 15) is 5.11 Å². The maximum absolute atomic E-state index is 9.47. The van der Waals surface area contributed by atoms with Crippen LogP contribution in [-0.4, -0.2) is 26.6 Å². The van der Waals surface area contributed by atoms with Crippen LogP contribution in [0.5, 0.6) is 0 Å². The summed E-state index contributed by atoms with van der Waals surface area (Å²) in [5.74, 6) is 1.81. The van der Waals surface area contributed by atoms with Crippen LogP contribution in [0.3, 0.4) is 0 Å². The normalized spacial score (nSPS) is 19.8. The van der Waals surface area contributed by atoms with E-state index in [1.165, 1.54) is 24.4 Å². The van der Waals surface area contributed by atoms with Crippen molar-refractivity contribution in [2.45, 2.75) is 45.1 Å². The predicted octanol–water partition coefficient (Wildman–Crippen LogP) is 2.23. The highest BCUT2D eigenvalue weighted by Gasteiger charge is 2.41. The molecule has 1 aliphatic carbocycles. The Morgan fingerprint density at radius 3 is 2.69 bits per heavy atom. The van der Waals surface area contributed by atoms with Crippen LogP contribution in [0.4, 0.5) is 5.13 Å². The Bertz CT molecular complexity index is 362. The van der Waals surface area contributed by atoms with E-state index in [1.807, 2.05) is 0 Å². The van der Waals surface area contributed by atoms with Crippen molar-refractivity contribution in [2.24, 2.45) is 5.92 Å². The lowest BCUT2D eigenvalue weighted by atomic mass is 9.97. The number of hydrogen-bond acceptors (Lipinski definition) is 5. The van der Waals surface area contributed by atoms with E-state index in [1.54, 1.807) is 0 Å². The van der Waals surface area contributed by atoms with Gasteiger partial charge in [0, 0.05) is 17.5 Å². The lowest BCUT2D eigenvalue weighted by Crippen LogP contribution is -2.41. The first kappa shape index (κ1) is 11.8. The highest BCUT2D eigenvalue weighted by Crippen LogP contribution is 2.41. The Hall–Kier alpha value is -0.680.